The van der Waals surface area contributed by atoms with Crippen molar-refractivity contribution in [1.29, 1.82) is 0 Å². The molecule has 0 bridgehead atoms. The van der Waals surface area contributed by atoms with Gasteiger partial charge in [0.25, 0.3) is 0 Å². The van der Waals surface area contributed by atoms with Crippen LogP contribution in [-0.4, -0.2) is 5.78 Å². The second kappa shape index (κ2) is 3.35. The molecule has 1 aliphatic carbocycles. The lowest BCUT2D eigenvalue weighted by atomic mass is 9.90. The van der Waals surface area contributed by atoms with Gasteiger partial charge in [0, 0.05) is 5.92 Å². The number of hydrogen-bond acceptors (Lipinski definition) is 1. The molecule has 1 rings (SSSR count). The lowest BCUT2D eigenvalue weighted by molar-refractivity contribution is -0.118. The van der Waals surface area contributed by atoms with Crippen molar-refractivity contribution in [3.05, 3.63) is 24.8 Å². The number of rotatable bonds is 2. The topological polar surface area (TPSA) is 17.1 Å². The van der Waals surface area contributed by atoms with Gasteiger partial charge >= 0.3 is 0 Å². The fourth-order valence-electron chi connectivity index (χ4n) is 1.21. The molecule has 1 heteroatoms. The summed E-state index contributed by atoms with van der Waals surface area (Å²) in [5, 5.41) is 0. The number of allylic oxidation sites excluding steroid dienone is 3. The summed E-state index contributed by atoms with van der Waals surface area (Å²) in [6.07, 6.45) is 8.34. The fraction of sp³-hybridized carbons (Fsp3) is 0.444. The van der Waals surface area contributed by atoms with Crippen LogP contribution in [0.15, 0.2) is 24.8 Å². The van der Waals surface area contributed by atoms with Crippen LogP contribution in [0.3, 0.4) is 0 Å². The summed E-state index contributed by atoms with van der Waals surface area (Å²) in [5.74, 6) is 0.494. The van der Waals surface area contributed by atoms with Gasteiger partial charge in [0.05, 0.1) is 0 Å². The van der Waals surface area contributed by atoms with E-state index in [0.717, 1.165) is 19.3 Å². The first-order valence-electron chi connectivity index (χ1n) is 3.66. The van der Waals surface area contributed by atoms with E-state index in [1.54, 1.807) is 6.08 Å². The van der Waals surface area contributed by atoms with E-state index in [1.165, 1.54) is 0 Å². The van der Waals surface area contributed by atoms with Gasteiger partial charge in [-0.2, -0.15) is 0 Å². The first-order chi connectivity index (χ1) is 4.84. The van der Waals surface area contributed by atoms with Gasteiger partial charge in [-0.3, -0.25) is 4.79 Å². The van der Waals surface area contributed by atoms with E-state index >= 15 is 0 Å². The van der Waals surface area contributed by atoms with Crippen LogP contribution in [0, 0.1) is 5.92 Å². The summed E-state index contributed by atoms with van der Waals surface area (Å²) < 4.78 is 0. The van der Waals surface area contributed by atoms with Crippen molar-refractivity contribution < 1.29 is 4.79 Å². The fourth-order valence-corrected chi connectivity index (χ4v) is 1.21. The van der Waals surface area contributed by atoms with Crippen molar-refractivity contribution >= 4 is 5.78 Å². The molecule has 1 nitrogen and oxygen atoms in total. The lowest BCUT2D eigenvalue weighted by Crippen LogP contribution is -2.13. The molecule has 0 saturated carbocycles. The predicted octanol–water partition coefficient (Wildman–Crippen LogP) is 2.10. The highest BCUT2D eigenvalue weighted by Gasteiger charge is 2.15. The summed E-state index contributed by atoms with van der Waals surface area (Å²) in [5.41, 5.74) is 0. The van der Waals surface area contributed by atoms with E-state index < -0.39 is 0 Å². The van der Waals surface area contributed by atoms with E-state index in [-0.39, 0.29) is 11.7 Å². The average molecular weight is 136 g/mol. The van der Waals surface area contributed by atoms with E-state index in [1.807, 2.05) is 12.2 Å². The largest absolute Gasteiger partial charge is 0.295 e. The third-order valence-electron chi connectivity index (χ3n) is 1.82. The molecule has 1 unspecified atom stereocenters. The van der Waals surface area contributed by atoms with Crippen molar-refractivity contribution in [3.63, 3.8) is 0 Å². The minimum atomic E-state index is 0.225. The summed E-state index contributed by atoms with van der Waals surface area (Å²) in [6.45, 7) is 3.61. The number of carbonyl (C=O) groups excluding carboxylic acids is 1. The van der Waals surface area contributed by atoms with Crippen LogP contribution < -0.4 is 0 Å². The Hall–Kier alpha value is -0.850. The van der Waals surface area contributed by atoms with Crippen LogP contribution in [-0.2, 0) is 4.79 Å². The van der Waals surface area contributed by atoms with Crippen molar-refractivity contribution in [2.45, 2.75) is 19.3 Å². The second-order valence-electron chi connectivity index (χ2n) is 2.60. The molecule has 10 heavy (non-hydrogen) atoms. The molecule has 0 heterocycles. The monoisotopic (exact) mass is 136 g/mol. The van der Waals surface area contributed by atoms with Crippen LogP contribution in [0.1, 0.15) is 19.3 Å². The van der Waals surface area contributed by atoms with Crippen LogP contribution in [0.4, 0.5) is 0 Å². The smallest absolute Gasteiger partial charge is 0.158 e. The molecule has 0 spiro atoms. The number of hydrogen-bond donors (Lipinski definition) is 0. The summed E-state index contributed by atoms with van der Waals surface area (Å²) in [7, 11) is 0. The zero-order valence-corrected chi connectivity index (χ0v) is 6.05. The van der Waals surface area contributed by atoms with Gasteiger partial charge in [0.2, 0.25) is 0 Å². The van der Waals surface area contributed by atoms with Crippen molar-refractivity contribution in [2.75, 3.05) is 0 Å². The Morgan fingerprint density at radius 1 is 1.80 bits per heavy atom. The zero-order chi connectivity index (χ0) is 7.40. The summed E-state index contributed by atoms with van der Waals surface area (Å²) in [6, 6.07) is 0. The molecule has 0 amide bonds. The Morgan fingerprint density at radius 2 is 2.60 bits per heavy atom. The van der Waals surface area contributed by atoms with Gasteiger partial charge < -0.3 is 0 Å². The normalized spacial score (nSPS) is 24.8. The average Bonchev–Trinajstić information content (AvgIpc) is 1.94. The van der Waals surface area contributed by atoms with Gasteiger partial charge in [0.1, 0.15) is 0 Å². The second-order valence-corrected chi connectivity index (χ2v) is 2.60. The third kappa shape index (κ3) is 1.56. The van der Waals surface area contributed by atoms with E-state index in [9.17, 15) is 4.79 Å². The van der Waals surface area contributed by atoms with E-state index in [2.05, 4.69) is 6.58 Å². The van der Waals surface area contributed by atoms with Gasteiger partial charge in [-0.15, -0.1) is 6.58 Å². The van der Waals surface area contributed by atoms with Crippen molar-refractivity contribution in [1.82, 2.24) is 0 Å². The maximum absolute atomic E-state index is 11.0. The van der Waals surface area contributed by atoms with Crippen LogP contribution in [0.25, 0.3) is 0 Å². The maximum atomic E-state index is 11.0. The van der Waals surface area contributed by atoms with Gasteiger partial charge in [-0.1, -0.05) is 12.2 Å². The molecule has 54 valence electrons. The molecule has 0 radical (unpaired) electrons. The Balaban J connectivity index is 2.52. The third-order valence-corrected chi connectivity index (χ3v) is 1.82. The number of carbonyl (C=O) groups is 1. The van der Waals surface area contributed by atoms with Crippen molar-refractivity contribution in [2.24, 2.45) is 5.92 Å². The molecular weight excluding hydrogens is 124 g/mol. The minimum absolute atomic E-state index is 0.225. The summed E-state index contributed by atoms with van der Waals surface area (Å²) >= 11 is 0. The molecule has 0 N–H and O–H groups in total. The highest BCUT2D eigenvalue weighted by molar-refractivity contribution is 5.92. The molecule has 0 fully saturated rings. The maximum Gasteiger partial charge on any atom is 0.158 e. The Labute approximate surface area is 61.4 Å². The van der Waals surface area contributed by atoms with E-state index in [0.29, 0.717) is 0 Å². The number of ketones is 1. The molecule has 0 aromatic heterocycles. The SMILES string of the molecule is C=CCC1CCC=CC1=O. The van der Waals surface area contributed by atoms with Gasteiger partial charge in [-0.25, -0.2) is 0 Å². The Kier molecular flexibility index (Phi) is 2.43. The molecule has 0 saturated heterocycles. The predicted molar refractivity (Wildman–Crippen MR) is 41.7 cm³/mol. The minimum Gasteiger partial charge on any atom is -0.295 e. The molecule has 0 aromatic carbocycles. The first kappa shape index (κ1) is 7.26. The van der Waals surface area contributed by atoms with Gasteiger partial charge in [-0.05, 0) is 25.3 Å². The van der Waals surface area contributed by atoms with Crippen LogP contribution in [0.2, 0.25) is 0 Å². The highest BCUT2D eigenvalue weighted by atomic mass is 16.1. The van der Waals surface area contributed by atoms with Crippen LogP contribution >= 0.6 is 0 Å². The standard InChI is InChI=1S/C9H12O/c1-2-5-8-6-3-4-7-9(8)10/h2,4,7-8H,1,3,5-6H2. The van der Waals surface area contributed by atoms with Crippen LogP contribution in [0.5, 0.6) is 0 Å². The van der Waals surface area contributed by atoms with E-state index in [4.69, 9.17) is 0 Å². The van der Waals surface area contributed by atoms with Crippen molar-refractivity contribution in [3.8, 4) is 0 Å². The molecule has 0 aliphatic heterocycles. The summed E-state index contributed by atoms with van der Waals surface area (Å²) in [4.78, 5) is 11.0. The molecule has 0 aromatic rings. The Morgan fingerprint density at radius 3 is 3.20 bits per heavy atom. The Bertz CT molecular complexity index is 168. The zero-order valence-electron chi connectivity index (χ0n) is 6.05. The molecule has 1 aliphatic rings. The molecule has 1 atom stereocenters. The highest BCUT2D eigenvalue weighted by Crippen LogP contribution is 2.18. The molecular formula is C9H12O. The van der Waals surface area contributed by atoms with Gasteiger partial charge in [0.15, 0.2) is 5.78 Å². The first-order valence-corrected chi connectivity index (χ1v) is 3.66. The lowest BCUT2D eigenvalue weighted by Gasteiger charge is -2.13. The quantitative estimate of drug-likeness (QED) is 0.531.